The molecule has 2 N–H and O–H groups in total. The predicted molar refractivity (Wildman–Crippen MR) is 127 cm³/mol. The molecule has 0 aliphatic carbocycles. The van der Waals surface area contributed by atoms with Crippen molar-refractivity contribution >= 4 is 18.1 Å². The molecule has 0 radical (unpaired) electrons. The van der Waals surface area contributed by atoms with Gasteiger partial charge >= 0.3 is 0 Å². The van der Waals surface area contributed by atoms with Crippen LogP contribution in [0.1, 0.15) is 18.9 Å². The second-order valence-electron chi connectivity index (χ2n) is 7.02. The van der Waals surface area contributed by atoms with E-state index in [1.54, 1.807) is 33.5 Å². The molecule has 33 heavy (non-hydrogen) atoms. The number of ether oxygens (including phenoxy) is 4. The molecule has 0 aliphatic heterocycles. The number of nitrogens with zero attached hydrogens (tertiary/aromatic N) is 2. The lowest BCUT2D eigenvalue weighted by molar-refractivity contribution is -0.121. The first-order valence-corrected chi connectivity index (χ1v) is 10.9. The van der Waals surface area contributed by atoms with Crippen molar-refractivity contribution in [3.8, 4) is 34.4 Å². The van der Waals surface area contributed by atoms with Gasteiger partial charge in [0.1, 0.15) is 5.75 Å². The number of hydrogen-bond donors (Lipinski definition) is 2. The van der Waals surface area contributed by atoms with E-state index in [0.717, 1.165) is 16.9 Å². The largest absolute Gasteiger partial charge is 0.494 e. The number of aromatic nitrogens is 3. The Hall–Kier alpha value is -3.53. The number of nitrogens with one attached hydrogen (secondary N) is 2. The van der Waals surface area contributed by atoms with E-state index in [2.05, 4.69) is 15.5 Å². The number of carbonyl (C=O) groups excluding carboxylic acids is 1. The first kappa shape index (κ1) is 24.1. The summed E-state index contributed by atoms with van der Waals surface area (Å²) in [5.74, 6) is 2.90. The molecule has 0 saturated carbocycles. The van der Waals surface area contributed by atoms with Crippen LogP contribution in [0.2, 0.25) is 0 Å². The van der Waals surface area contributed by atoms with Crippen molar-refractivity contribution in [1.29, 1.82) is 0 Å². The number of methoxy groups -OCH3 is 3. The highest BCUT2D eigenvalue weighted by Gasteiger charge is 2.14. The van der Waals surface area contributed by atoms with E-state index < -0.39 is 0 Å². The SMILES string of the molecule is CCOc1ccc(-c2n[nH]c(=S)n2CCC(=O)NCc2cc(OC)c(OC)c(OC)c2)cc1. The van der Waals surface area contributed by atoms with Gasteiger partial charge in [-0.25, -0.2) is 0 Å². The summed E-state index contributed by atoms with van der Waals surface area (Å²) < 4.78 is 23.8. The number of benzene rings is 2. The maximum Gasteiger partial charge on any atom is 0.222 e. The van der Waals surface area contributed by atoms with E-state index >= 15 is 0 Å². The molecule has 1 aromatic heterocycles. The Bertz CT molecular complexity index is 1120. The van der Waals surface area contributed by atoms with Gasteiger partial charge in [-0.15, -0.1) is 0 Å². The first-order valence-electron chi connectivity index (χ1n) is 10.4. The average Bonchev–Trinajstić information content (AvgIpc) is 3.21. The molecule has 0 fully saturated rings. The minimum absolute atomic E-state index is 0.121. The minimum atomic E-state index is -0.121. The summed E-state index contributed by atoms with van der Waals surface area (Å²) >= 11 is 5.36. The number of carbonyl (C=O) groups is 1. The molecule has 0 aliphatic rings. The average molecular weight is 473 g/mol. The Kier molecular flexibility index (Phi) is 8.31. The zero-order chi connectivity index (χ0) is 23.8. The Morgan fingerprint density at radius 3 is 2.33 bits per heavy atom. The Labute approximate surface area is 197 Å². The zero-order valence-electron chi connectivity index (χ0n) is 19.1. The van der Waals surface area contributed by atoms with Crippen molar-refractivity contribution in [2.24, 2.45) is 0 Å². The molecule has 176 valence electrons. The van der Waals surface area contributed by atoms with Crippen LogP contribution in [0, 0.1) is 4.77 Å². The third-order valence-electron chi connectivity index (χ3n) is 4.96. The summed E-state index contributed by atoms with van der Waals surface area (Å²) in [5.41, 5.74) is 1.71. The van der Waals surface area contributed by atoms with Gasteiger partial charge in [0.05, 0.1) is 27.9 Å². The van der Waals surface area contributed by atoms with Crippen LogP contribution in [-0.4, -0.2) is 48.6 Å². The van der Waals surface area contributed by atoms with Crippen molar-refractivity contribution in [3.63, 3.8) is 0 Å². The lowest BCUT2D eigenvalue weighted by atomic mass is 10.1. The third-order valence-corrected chi connectivity index (χ3v) is 5.27. The zero-order valence-corrected chi connectivity index (χ0v) is 20.0. The van der Waals surface area contributed by atoms with Crippen LogP contribution in [-0.2, 0) is 17.9 Å². The molecule has 3 aromatic rings. The van der Waals surface area contributed by atoms with E-state index in [1.807, 2.05) is 35.8 Å². The summed E-state index contributed by atoms with van der Waals surface area (Å²) in [5, 5.41) is 10.0. The summed E-state index contributed by atoms with van der Waals surface area (Å²) in [7, 11) is 4.65. The fourth-order valence-corrected chi connectivity index (χ4v) is 3.58. The molecule has 0 bridgehead atoms. The molecule has 9 nitrogen and oxygen atoms in total. The summed E-state index contributed by atoms with van der Waals surface area (Å²) in [4.78, 5) is 12.5. The van der Waals surface area contributed by atoms with E-state index in [1.165, 1.54) is 0 Å². The van der Waals surface area contributed by atoms with Crippen LogP contribution in [0.3, 0.4) is 0 Å². The molecule has 0 saturated heterocycles. The molecule has 10 heteroatoms. The van der Waals surface area contributed by atoms with Crippen LogP contribution in [0.5, 0.6) is 23.0 Å². The van der Waals surface area contributed by atoms with Gasteiger partial charge in [-0.05, 0) is 61.1 Å². The van der Waals surface area contributed by atoms with Gasteiger partial charge < -0.3 is 24.3 Å². The fourth-order valence-electron chi connectivity index (χ4n) is 3.35. The molecule has 0 unspecified atom stereocenters. The Morgan fingerprint density at radius 1 is 1.09 bits per heavy atom. The number of H-pyrrole nitrogens is 1. The minimum Gasteiger partial charge on any atom is -0.494 e. The molecular weight excluding hydrogens is 444 g/mol. The van der Waals surface area contributed by atoms with Gasteiger partial charge in [-0.2, -0.15) is 5.10 Å². The highest BCUT2D eigenvalue weighted by molar-refractivity contribution is 7.71. The molecule has 2 aromatic carbocycles. The van der Waals surface area contributed by atoms with Crippen molar-refractivity contribution in [2.75, 3.05) is 27.9 Å². The lowest BCUT2D eigenvalue weighted by Gasteiger charge is -2.14. The van der Waals surface area contributed by atoms with Crippen molar-refractivity contribution in [1.82, 2.24) is 20.1 Å². The molecular formula is C23H28N4O5S. The van der Waals surface area contributed by atoms with Gasteiger partial charge in [0, 0.05) is 25.1 Å². The molecule has 1 amide bonds. The van der Waals surface area contributed by atoms with Crippen LogP contribution in [0.25, 0.3) is 11.4 Å². The van der Waals surface area contributed by atoms with E-state index in [-0.39, 0.29) is 12.3 Å². The van der Waals surface area contributed by atoms with Crippen molar-refractivity contribution in [3.05, 3.63) is 46.7 Å². The highest BCUT2D eigenvalue weighted by atomic mass is 32.1. The Morgan fingerprint density at radius 2 is 1.76 bits per heavy atom. The Balaban J connectivity index is 1.64. The van der Waals surface area contributed by atoms with Gasteiger partial charge in [-0.3, -0.25) is 14.5 Å². The lowest BCUT2D eigenvalue weighted by Crippen LogP contribution is -2.24. The third kappa shape index (κ3) is 5.83. The number of hydrogen-bond acceptors (Lipinski definition) is 7. The number of rotatable bonds is 11. The van der Waals surface area contributed by atoms with Crippen molar-refractivity contribution in [2.45, 2.75) is 26.4 Å². The van der Waals surface area contributed by atoms with Crippen LogP contribution >= 0.6 is 12.2 Å². The molecule has 0 spiro atoms. The van der Waals surface area contributed by atoms with Gasteiger partial charge in [-0.1, -0.05) is 0 Å². The quantitative estimate of drug-likeness (QED) is 0.410. The monoisotopic (exact) mass is 472 g/mol. The summed E-state index contributed by atoms with van der Waals surface area (Å²) in [6.45, 7) is 3.24. The van der Waals surface area contributed by atoms with E-state index in [4.69, 9.17) is 31.2 Å². The van der Waals surface area contributed by atoms with E-state index in [9.17, 15) is 4.79 Å². The highest BCUT2D eigenvalue weighted by Crippen LogP contribution is 2.38. The van der Waals surface area contributed by atoms with Gasteiger partial charge in [0.15, 0.2) is 22.1 Å². The topological polar surface area (TPSA) is 99.6 Å². The second kappa shape index (κ2) is 11.4. The summed E-state index contributed by atoms with van der Waals surface area (Å²) in [6, 6.07) is 11.2. The van der Waals surface area contributed by atoms with Crippen molar-refractivity contribution < 1.29 is 23.7 Å². The standard InChI is InChI=1S/C23H28N4O5S/c1-5-32-17-8-6-16(7-9-17)22-25-26-23(33)27(22)11-10-20(28)24-14-15-12-18(29-2)21(31-4)19(13-15)30-3/h6-9,12-13H,5,10-11,14H2,1-4H3,(H,24,28)(H,26,33). The maximum atomic E-state index is 12.5. The maximum absolute atomic E-state index is 12.5. The van der Waals surface area contributed by atoms with Gasteiger partial charge in [0.2, 0.25) is 11.7 Å². The molecule has 3 rings (SSSR count). The molecule has 0 atom stereocenters. The fraction of sp³-hybridized carbons (Fsp3) is 0.348. The predicted octanol–water partition coefficient (Wildman–Crippen LogP) is 3.74. The van der Waals surface area contributed by atoms with Crippen LogP contribution < -0.4 is 24.3 Å². The first-order chi connectivity index (χ1) is 16.0. The molecule has 1 heterocycles. The van der Waals surface area contributed by atoms with Crippen LogP contribution in [0.4, 0.5) is 0 Å². The van der Waals surface area contributed by atoms with E-state index in [0.29, 0.717) is 47.5 Å². The van der Waals surface area contributed by atoms with Crippen LogP contribution in [0.15, 0.2) is 36.4 Å². The normalized spacial score (nSPS) is 10.5. The smallest absolute Gasteiger partial charge is 0.222 e. The summed E-state index contributed by atoms with van der Waals surface area (Å²) in [6.07, 6.45) is 0.238. The number of amides is 1. The number of aromatic amines is 1. The second-order valence-corrected chi connectivity index (χ2v) is 7.41. The van der Waals surface area contributed by atoms with Gasteiger partial charge in [0.25, 0.3) is 0 Å².